The summed E-state index contributed by atoms with van der Waals surface area (Å²) in [7, 11) is 0. The molecule has 0 N–H and O–H groups in total. The maximum absolute atomic E-state index is 13.2. The molecule has 0 nitrogen and oxygen atoms in total. The van der Waals surface area contributed by atoms with E-state index in [2.05, 4.69) is 18.8 Å². The van der Waals surface area contributed by atoms with Gasteiger partial charge in [-0.3, -0.25) is 0 Å². The molecular weight excluding hydrogens is 207 g/mol. The molecule has 0 bridgehead atoms. The molecule has 0 saturated heterocycles. The molecule has 0 fully saturated rings. The zero-order valence-electron chi connectivity index (χ0n) is 9.14. The summed E-state index contributed by atoms with van der Waals surface area (Å²) < 4.78 is 13.2. The molecule has 0 unspecified atom stereocenters. The predicted molar refractivity (Wildman–Crippen MR) is 65.3 cm³/mol. The first kappa shape index (κ1) is 12.0. The second-order valence-electron chi connectivity index (χ2n) is 3.29. The summed E-state index contributed by atoms with van der Waals surface area (Å²) in [4.78, 5) is 0.916. The molecule has 1 rings (SSSR count). The molecule has 0 radical (unpaired) electrons. The highest BCUT2D eigenvalue weighted by atomic mass is 32.1. The van der Waals surface area contributed by atoms with E-state index in [4.69, 9.17) is 0 Å². The molecule has 0 aliphatic heterocycles. The van der Waals surface area contributed by atoms with Gasteiger partial charge in [0, 0.05) is 11.3 Å². The minimum absolute atomic E-state index is 0.193. The monoisotopic (exact) mass is 222 g/mol. The summed E-state index contributed by atoms with van der Waals surface area (Å²) in [5.41, 5.74) is 0.543. The zero-order chi connectivity index (χ0) is 11.1. The fraction of sp³-hybridized carbons (Fsp3) is 0.385. The smallest absolute Gasteiger partial charge is 0.114 e. The number of allylic oxidation sites excluding steroid dienone is 2. The number of thiophene rings is 1. The van der Waals surface area contributed by atoms with Crippen LogP contribution in [0.5, 0.6) is 0 Å². The van der Waals surface area contributed by atoms with E-state index in [1.807, 2.05) is 17.5 Å². The Bertz CT molecular complexity index is 372. The van der Waals surface area contributed by atoms with Gasteiger partial charge in [-0.15, -0.1) is 11.3 Å². The first-order valence-electron chi connectivity index (χ1n) is 5.14. The van der Waals surface area contributed by atoms with Crippen LogP contribution in [-0.2, 0) is 0 Å². The number of rotatable bonds is 3. The average molecular weight is 222 g/mol. The van der Waals surface area contributed by atoms with E-state index in [9.17, 15) is 4.39 Å². The number of unbranched alkanes of at least 4 members (excludes halogenated alkanes) is 2. The Morgan fingerprint density at radius 3 is 2.87 bits per heavy atom. The standard InChI is InChI=1S/C13H15FS/c1-3-4-5-6-8-12(11(2)14)13-9-7-10-15-13/h7,9-10H,3-5H2,1-2H3/b12-11+. The van der Waals surface area contributed by atoms with Crippen LogP contribution >= 0.6 is 11.3 Å². The van der Waals surface area contributed by atoms with Gasteiger partial charge in [0.25, 0.3) is 0 Å². The van der Waals surface area contributed by atoms with Crippen LogP contribution in [0.2, 0.25) is 0 Å². The fourth-order valence-corrected chi connectivity index (χ4v) is 1.92. The lowest BCUT2D eigenvalue weighted by Gasteiger charge is -1.95. The Labute approximate surface area is 94.8 Å². The van der Waals surface area contributed by atoms with Gasteiger partial charge in [-0.2, -0.15) is 0 Å². The Hall–Kier alpha value is -1.07. The number of hydrogen-bond donors (Lipinski definition) is 0. The summed E-state index contributed by atoms with van der Waals surface area (Å²) in [5, 5.41) is 1.94. The third-order valence-electron chi connectivity index (χ3n) is 1.98. The summed E-state index contributed by atoms with van der Waals surface area (Å²) in [6, 6.07) is 3.81. The predicted octanol–water partition coefficient (Wildman–Crippen LogP) is 4.64. The van der Waals surface area contributed by atoms with E-state index in [1.165, 1.54) is 18.3 Å². The Morgan fingerprint density at radius 2 is 2.33 bits per heavy atom. The second kappa shape index (κ2) is 6.42. The van der Waals surface area contributed by atoms with Crippen LogP contribution in [0.15, 0.2) is 23.3 Å². The molecule has 0 aliphatic carbocycles. The van der Waals surface area contributed by atoms with Crippen molar-refractivity contribution in [2.75, 3.05) is 0 Å². The molecule has 0 saturated carbocycles. The number of hydrogen-bond acceptors (Lipinski definition) is 1. The molecule has 1 heterocycles. The third-order valence-corrected chi connectivity index (χ3v) is 2.87. The van der Waals surface area contributed by atoms with E-state index in [0.29, 0.717) is 5.57 Å². The topological polar surface area (TPSA) is 0 Å². The van der Waals surface area contributed by atoms with Crippen LogP contribution in [0.4, 0.5) is 4.39 Å². The van der Waals surface area contributed by atoms with E-state index < -0.39 is 0 Å². The van der Waals surface area contributed by atoms with Gasteiger partial charge in [-0.05, 0) is 24.8 Å². The van der Waals surface area contributed by atoms with Crippen molar-refractivity contribution in [1.82, 2.24) is 0 Å². The van der Waals surface area contributed by atoms with Gasteiger partial charge in [0.2, 0.25) is 0 Å². The Balaban J connectivity index is 2.77. The first-order valence-corrected chi connectivity index (χ1v) is 6.02. The van der Waals surface area contributed by atoms with Crippen molar-refractivity contribution in [3.63, 3.8) is 0 Å². The Morgan fingerprint density at radius 1 is 1.53 bits per heavy atom. The van der Waals surface area contributed by atoms with Crippen LogP contribution in [-0.4, -0.2) is 0 Å². The largest absolute Gasteiger partial charge is 0.211 e. The second-order valence-corrected chi connectivity index (χ2v) is 4.24. The molecule has 0 amide bonds. The van der Waals surface area contributed by atoms with Crippen molar-refractivity contribution in [3.05, 3.63) is 28.2 Å². The van der Waals surface area contributed by atoms with Crippen LogP contribution in [0.1, 0.15) is 38.0 Å². The van der Waals surface area contributed by atoms with Gasteiger partial charge >= 0.3 is 0 Å². The van der Waals surface area contributed by atoms with Crippen molar-refractivity contribution in [1.29, 1.82) is 0 Å². The van der Waals surface area contributed by atoms with Gasteiger partial charge in [0.1, 0.15) is 5.83 Å². The zero-order valence-corrected chi connectivity index (χ0v) is 9.96. The highest BCUT2D eigenvalue weighted by Gasteiger charge is 2.03. The van der Waals surface area contributed by atoms with Crippen molar-refractivity contribution in [3.8, 4) is 11.8 Å². The molecule has 2 heteroatoms. The quantitative estimate of drug-likeness (QED) is 0.516. The summed E-state index contributed by atoms with van der Waals surface area (Å²) in [6.45, 7) is 3.58. The fourth-order valence-electron chi connectivity index (χ4n) is 1.15. The highest BCUT2D eigenvalue weighted by molar-refractivity contribution is 7.11. The highest BCUT2D eigenvalue weighted by Crippen LogP contribution is 2.23. The molecule has 0 aliphatic rings. The molecule has 1 aromatic heterocycles. The van der Waals surface area contributed by atoms with Gasteiger partial charge in [0.05, 0.1) is 5.57 Å². The van der Waals surface area contributed by atoms with Crippen LogP contribution in [0.25, 0.3) is 5.57 Å². The maximum atomic E-state index is 13.2. The third kappa shape index (κ3) is 3.89. The average Bonchev–Trinajstić information content (AvgIpc) is 2.70. The van der Waals surface area contributed by atoms with E-state index >= 15 is 0 Å². The normalized spacial score (nSPS) is 11.7. The van der Waals surface area contributed by atoms with Crippen LogP contribution < -0.4 is 0 Å². The molecule has 0 spiro atoms. The lowest BCUT2D eigenvalue weighted by Crippen LogP contribution is -1.78. The number of halogens is 1. The van der Waals surface area contributed by atoms with E-state index in [-0.39, 0.29) is 5.83 Å². The SMILES string of the molecule is CCCCC#C/C(=C(/C)F)c1cccs1. The van der Waals surface area contributed by atoms with Crippen molar-refractivity contribution in [2.45, 2.75) is 33.1 Å². The molecule has 15 heavy (non-hydrogen) atoms. The molecule has 0 atom stereocenters. The lowest BCUT2D eigenvalue weighted by atomic mass is 10.2. The van der Waals surface area contributed by atoms with Gasteiger partial charge in [-0.1, -0.05) is 31.3 Å². The van der Waals surface area contributed by atoms with Crippen molar-refractivity contribution < 1.29 is 4.39 Å². The van der Waals surface area contributed by atoms with Gasteiger partial charge in [-0.25, -0.2) is 4.39 Å². The van der Waals surface area contributed by atoms with Crippen molar-refractivity contribution in [2.24, 2.45) is 0 Å². The van der Waals surface area contributed by atoms with Crippen LogP contribution in [0.3, 0.4) is 0 Å². The first-order chi connectivity index (χ1) is 7.25. The minimum Gasteiger partial charge on any atom is -0.211 e. The van der Waals surface area contributed by atoms with Gasteiger partial charge in [0.15, 0.2) is 0 Å². The minimum atomic E-state index is -0.193. The summed E-state index contributed by atoms with van der Waals surface area (Å²) in [6.07, 6.45) is 3.05. The lowest BCUT2D eigenvalue weighted by molar-refractivity contribution is 0.645. The summed E-state index contributed by atoms with van der Waals surface area (Å²) >= 11 is 1.52. The van der Waals surface area contributed by atoms with Gasteiger partial charge < -0.3 is 0 Å². The Kier molecular flexibility index (Phi) is 5.14. The molecule has 1 aromatic rings. The summed E-state index contributed by atoms with van der Waals surface area (Å²) in [5.74, 6) is 5.74. The molecular formula is C13H15FS. The van der Waals surface area contributed by atoms with E-state index in [0.717, 1.165) is 24.1 Å². The maximum Gasteiger partial charge on any atom is 0.114 e. The molecule has 0 aromatic carbocycles. The van der Waals surface area contributed by atoms with Crippen LogP contribution in [0, 0.1) is 11.8 Å². The molecule has 80 valence electrons. The van der Waals surface area contributed by atoms with E-state index in [1.54, 1.807) is 0 Å². The van der Waals surface area contributed by atoms with Crippen molar-refractivity contribution >= 4 is 16.9 Å².